The summed E-state index contributed by atoms with van der Waals surface area (Å²) in [6.07, 6.45) is 10.6. The quantitative estimate of drug-likeness (QED) is 0.0421. The SMILES string of the molecule is COC(=O)/C(C)=C/CC/C=C/[C@@H](OCc1ccc(OC)cc1)[C@H](C[C@H](C)CC1(C)SCCCS1)O[Si](c1ccccc1)(c1ccccc1)C(C)(C)C. The topological polar surface area (TPSA) is 54.0 Å². The summed E-state index contributed by atoms with van der Waals surface area (Å²) in [4.78, 5) is 12.0. The highest BCUT2D eigenvalue weighted by molar-refractivity contribution is 8.18. The van der Waals surface area contributed by atoms with Gasteiger partial charge >= 0.3 is 5.97 Å². The predicted molar refractivity (Wildman–Crippen MR) is 225 cm³/mol. The van der Waals surface area contributed by atoms with E-state index in [0.717, 1.165) is 37.0 Å². The maximum absolute atomic E-state index is 12.0. The molecule has 1 aliphatic rings. The van der Waals surface area contributed by atoms with E-state index in [2.05, 4.69) is 143 Å². The zero-order valence-corrected chi connectivity index (χ0v) is 35.2. The molecule has 0 bridgehead atoms. The highest BCUT2D eigenvalue weighted by Crippen LogP contribution is 2.47. The fraction of sp³-hybridized carbons (Fsp3) is 0.477. The normalized spacial score (nSPS) is 17.0. The first-order chi connectivity index (χ1) is 24.9. The van der Waals surface area contributed by atoms with Crippen molar-refractivity contribution < 1.29 is 23.4 Å². The summed E-state index contributed by atoms with van der Waals surface area (Å²) < 4.78 is 25.4. The van der Waals surface area contributed by atoms with E-state index in [0.29, 0.717) is 18.1 Å². The van der Waals surface area contributed by atoms with Gasteiger partial charge < -0.3 is 18.6 Å². The molecule has 1 fully saturated rings. The zero-order valence-electron chi connectivity index (χ0n) is 32.6. The molecule has 0 spiro atoms. The minimum Gasteiger partial charge on any atom is -0.497 e. The van der Waals surface area contributed by atoms with Gasteiger partial charge in [-0.05, 0) is 96.5 Å². The molecule has 0 amide bonds. The van der Waals surface area contributed by atoms with Gasteiger partial charge in [0.2, 0.25) is 0 Å². The molecule has 5 nitrogen and oxygen atoms in total. The van der Waals surface area contributed by atoms with Gasteiger partial charge in [-0.3, -0.25) is 0 Å². The number of esters is 1. The van der Waals surface area contributed by atoms with Gasteiger partial charge in [-0.25, -0.2) is 4.79 Å². The van der Waals surface area contributed by atoms with Gasteiger partial charge in [0, 0.05) is 5.57 Å². The van der Waals surface area contributed by atoms with Crippen LogP contribution in [0.25, 0.3) is 0 Å². The van der Waals surface area contributed by atoms with E-state index in [1.54, 1.807) is 14.0 Å². The highest BCUT2D eigenvalue weighted by Gasteiger charge is 2.52. The second-order valence-electron chi connectivity index (χ2n) is 15.1. The molecule has 282 valence electrons. The molecule has 0 unspecified atom stereocenters. The Morgan fingerprint density at radius 1 is 0.904 bits per heavy atom. The highest BCUT2D eigenvalue weighted by atomic mass is 32.2. The summed E-state index contributed by atoms with van der Waals surface area (Å²) >= 11 is 4.23. The lowest BCUT2D eigenvalue weighted by Gasteiger charge is -2.47. The summed E-state index contributed by atoms with van der Waals surface area (Å²) in [6, 6.07) is 29.9. The lowest BCUT2D eigenvalue weighted by Crippen LogP contribution is -2.68. The molecule has 1 saturated heterocycles. The Labute approximate surface area is 323 Å². The standard InChI is InChI=1S/C44H60O5S2Si/c1-34(32-44(6)50-29-18-30-51-44)31-41(49-52(43(3,4)5,38-20-13-10-14-21-38)39-22-15-11-16-23-39)40(24-17-9-12-19-35(2)42(45)47-8)48-33-36-25-27-37(46-7)28-26-36/h10-11,13-17,19-28,34,40-41H,9,12,18,29-33H2,1-8H3/b24-17+,35-19+/t34-,40+,41-/m0/s1. The largest absolute Gasteiger partial charge is 0.497 e. The van der Waals surface area contributed by atoms with Gasteiger partial charge in [-0.1, -0.05) is 119 Å². The molecule has 1 aliphatic heterocycles. The van der Waals surface area contributed by atoms with E-state index in [-0.39, 0.29) is 27.3 Å². The maximum atomic E-state index is 12.0. The second-order valence-corrected chi connectivity index (χ2v) is 22.8. The monoisotopic (exact) mass is 760 g/mol. The van der Waals surface area contributed by atoms with Crippen LogP contribution in [0.4, 0.5) is 0 Å². The van der Waals surface area contributed by atoms with Crippen molar-refractivity contribution in [1.29, 1.82) is 0 Å². The van der Waals surface area contributed by atoms with Crippen LogP contribution in [0.3, 0.4) is 0 Å². The number of hydrogen-bond donors (Lipinski definition) is 0. The summed E-state index contributed by atoms with van der Waals surface area (Å²) in [6.45, 7) is 14.1. The van der Waals surface area contributed by atoms with Crippen molar-refractivity contribution in [3.63, 3.8) is 0 Å². The zero-order chi connectivity index (χ0) is 37.6. The first-order valence-corrected chi connectivity index (χ1v) is 22.5. The Balaban J connectivity index is 1.78. The van der Waals surface area contributed by atoms with Crippen molar-refractivity contribution in [2.45, 2.75) is 102 Å². The number of hydrogen-bond acceptors (Lipinski definition) is 7. The van der Waals surface area contributed by atoms with Crippen LogP contribution in [-0.4, -0.2) is 56.3 Å². The third-order valence-electron chi connectivity index (χ3n) is 9.79. The number of thioether (sulfide) groups is 2. The fourth-order valence-corrected chi connectivity index (χ4v) is 15.1. The van der Waals surface area contributed by atoms with Crippen molar-refractivity contribution in [2.24, 2.45) is 5.92 Å². The Hall–Kier alpha value is -2.75. The summed E-state index contributed by atoms with van der Waals surface area (Å²) in [5.41, 5.74) is 1.70. The van der Waals surface area contributed by atoms with E-state index >= 15 is 0 Å². The fourth-order valence-electron chi connectivity index (χ4n) is 7.15. The van der Waals surface area contributed by atoms with E-state index < -0.39 is 8.32 Å². The first kappa shape index (κ1) is 42.0. The Morgan fingerprint density at radius 3 is 2.04 bits per heavy atom. The summed E-state index contributed by atoms with van der Waals surface area (Å²) in [5, 5.41) is 2.34. The van der Waals surface area contributed by atoms with Gasteiger partial charge in [-0.15, -0.1) is 23.5 Å². The predicted octanol–water partition coefficient (Wildman–Crippen LogP) is 9.98. The van der Waals surface area contributed by atoms with Crippen LogP contribution < -0.4 is 15.1 Å². The van der Waals surface area contributed by atoms with Crippen molar-refractivity contribution in [2.75, 3.05) is 25.7 Å². The number of rotatable bonds is 18. The molecule has 52 heavy (non-hydrogen) atoms. The average molecular weight is 761 g/mol. The molecule has 0 aliphatic carbocycles. The smallest absolute Gasteiger partial charge is 0.333 e. The third-order valence-corrected chi connectivity index (χ3v) is 18.1. The van der Waals surface area contributed by atoms with Gasteiger partial charge in [0.25, 0.3) is 8.32 Å². The van der Waals surface area contributed by atoms with E-state index in [1.807, 2.05) is 18.2 Å². The Kier molecular flexibility index (Phi) is 16.2. The second kappa shape index (κ2) is 20.1. The molecule has 3 aromatic rings. The number of methoxy groups -OCH3 is 2. The lowest BCUT2D eigenvalue weighted by molar-refractivity contribution is -0.136. The number of allylic oxidation sites excluding steroid dienone is 2. The molecule has 0 N–H and O–H groups in total. The van der Waals surface area contributed by atoms with E-state index in [4.69, 9.17) is 18.6 Å². The molecule has 3 aromatic carbocycles. The number of ether oxygens (including phenoxy) is 3. The molecule has 8 heteroatoms. The van der Waals surface area contributed by atoms with E-state index in [9.17, 15) is 4.79 Å². The van der Waals surface area contributed by atoms with Gasteiger partial charge in [-0.2, -0.15) is 0 Å². The lowest BCUT2D eigenvalue weighted by atomic mass is 9.95. The maximum Gasteiger partial charge on any atom is 0.333 e. The summed E-state index contributed by atoms with van der Waals surface area (Å²) in [7, 11) is 0.186. The molecule has 1 heterocycles. The Bertz CT molecular complexity index is 1520. The average Bonchev–Trinajstić information content (AvgIpc) is 3.14. The molecule has 0 saturated carbocycles. The van der Waals surface area contributed by atoms with Crippen molar-refractivity contribution in [3.05, 3.63) is 114 Å². The molecule has 4 rings (SSSR count). The van der Waals surface area contributed by atoms with Gasteiger partial charge in [0.15, 0.2) is 0 Å². The third kappa shape index (κ3) is 11.6. The summed E-state index contributed by atoms with van der Waals surface area (Å²) in [5.74, 6) is 3.37. The van der Waals surface area contributed by atoms with Crippen LogP contribution in [0, 0.1) is 5.92 Å². The number of unbranched alkanes of at least 4 members (excludes halogenated alkanes) is 1. The number of carbonyl (C=O) groups is 1. The molecule has 3 atom stereocenters. The molecule has 0 aromatic heterocycles. The van der Waals surface area contributed by atoms with E-state index in [1.165, 1.54) is 35.4 Å². The molecular weight excluding hydrogens is 701 g/mol. The van der Waals surface area contributed by atoms with Crippen LogP contribution in [0.15, 0.2) is 109 Å². The molecule has 0 radical (unpaired) electrons. The van der Waals surface area contributed by atoms with Crippen LogP contribution >= 0.6 is 23.5 Å². The van der Waals surface area contributed by atoms with Crippen molar-refractivity contribution in [1.82, 2.24) is 0 Å². The minimum absolute atomic E-state index is 0.182. The van der Waals surface area contributed by atoms with Crippen molar-refractivity contribution >= 4 is 48.2 Å². The van der Waals surface area contributed by atoms with Crippen LogP contribution in [-0.2, 0) is 25.3 Å². The van der Waals surface area contributed by atoms with Gasteiger partial charge in [0.1, 0.15) is 11.9 Å². The van der Waals surface area contributed by atoms with Crippen molar-refractivity contribution in [3.8, 4) is 5.75 Å². The molecular formula is C44H60O5S2Si. The minimum atomic E-state index is -2.92. The first-order valence-electron chi connectivity index (χ1n) is 18.6. The van der Waals surface area contributed by atoms with Crippen LogP contribution in [0.5, 0.6) is 5.75 Å². The number of carbonyl (C=O) groups excluding carboxylic acids is 1. The van der Waals surface area contributed by atoms with Gasteiger partial charge in [0.05, 0.1) is 31.0 Å². The number of benzene rings is 3. The van der Waals surface area contributed by atoms with Crippen LogP contribution in [0.1, 0.15) is 79.2 Å². The van der Waals surface area contributed by atoms with Crippen LogP contribution in [0.2, 0.25) is 5.04 Å². The Morgan fingerprint density at radius 2 is 1.50 bits per heavy atom.